The topological polar surface area (TPSA) is 69.6 Å². The molecule has 0 heterocycles. The smallest absolute Gasteiger partial charge is 0.338 e. The number of nitrogens with one attached hydrogen (secondary N) is 1. The van der Waals surface area contributed by atoms with Crippen LogP contribution in [0.3, 0.4) is 0 Å². The van der Waals surface area contributed by atoms with Crippen molar-refractivity contribution in [3.8, 4) is 0 Å². The lowest BCUT2D eigenvalue weighted by molar-refractivity contribution is 0.0697. The van der Waals surface area contributed by atoms with Gasteiger partial charge in [-0.3, -0.25) is 0 Å². The third-order valence-electron chi connectivity index (χ3n) is 3.14. The van der Waals surface area contributed by atoms with Crippen molar-refractivity contribution in [3.63, 3.8) is 0 Å². The molecule has 2 rings (SSSR count). The van der Waals surface area contributed by atoms with Crippen molar-refractivity contribution in [2.75, 3.05) is 12.4 Å². The predicted molar refractivity (Wildman–Crippen MR) is 67.9 cm³/mol. The lowest BCUT2D eigenvalue weighted by Gasteiger charge is -2.18. The van der Waals surface area contributed by atoms with E-state index in [0.717, 1.165) is 12.8 Å². The van der Waals surface area contributed by atoms with Gasteiger partial charge in [-0.2, -0.15) is 0 Å². The van der Waals surface area contributed by atoms with Gasteiger partial charge in [-0.05, 0) is 31.4 Å². The van der Waals surface area contributed by atoms with E-state index < -0.39 is 5.97 Å². The van der Waals surface area contributed by atoms with Gasteiger partial charge in [-0.25, -0.2) is 9.59 Å². The summed E-state index contributed by atoms with van der Waals surface area (Å²) in [5.41, 5.74) is 1.13. The second-order valence-electron chi connectivity index (χ2n) is 4.57. The van der Waals surface area contributed by atoms with Gasteiger partial charge in [0.1, 0.15) is 0 Å². The number of carboxylic acids is 1. The van der Waals surface area contributed by atoms with E-state index in [2.05, 4.69) is 5.32 Å². The first-order valence-corrected chi connectivity index (χ1v) is 5.87. The zero-order valence-corrected chi connectivity index (χ0v) is 10.4. The first kappa shape index (κ1) is 12.4. The number of benzene rings is 1. The molecule has 1 aliphatic rings. The molecule has 5 nitrogen and oxygen atoms in total. The zero-order valence-electron chi connectivity index (χ0n) is 10.4. The molecule has 0 unspecified atom stereocenters. The van der Waals surface area contributed by atoms with Gasteiger partial charge < -0.3 is 15.3 Å². The summed E-state index contributed by atoms with van der Waals surface area (Å²) >= 11 is 0. The van der Waals surface area contributed by atoms with Crippen LogP contribution < -0.4 is 5.32 Å². The summed E-state index contributed by atoms with van der Waals surface area (Å²) in [6.07, 6.45) is 2.03. The average molecular weight is 248 g/mol. The minimum Gasteiger partial charge on any atom is -0.478 e. The lowest BCUT2D eigenvalue weighted by atomic mass is 10.1. The molecular weight excluding hydrogens is 232 g/mol. The average Bonchev–Trinajstić information content (AvgIpc) is 3.11. The number of carbonyl (C=O) groups is 2. The van der Waals surface area contributed by atoms with Crippen molar-refractivity contribution in [3.05, 3.63) is 29.3 Å². The fourth-order valence-corrected chi connectivity index (χ4v) is 1.89. The summed E-state index contributed by atoms with van der Waals surface area (Å²) in [6, 6.07) is 5.08. The molecule has 1 aromatic rings. The monoisotopic (exact) mass is 248 g/mol. The van der Waals surface area contributed by atoms with Crippen LogP contribution in [0.4, 0.5) is 10.5 Å². The Morgan fingerprint density at radius 1 is 1.39 bits per heavy atom. The Morgan fingerprint density at radius 3 is 2.61 bits per heavy atom. The number of rotatable bonds is 3. The summed E-state index contributed by atoms with van der Waals surface area (Å²) in [4.78, 5) is 24.7. The number of carboxylic acid groups (broad SMARTS) is 1. The van der Waals surface area contributed by atoms with E-state index in [1.54, 1.807) is 37.1 Å². The number of urea groups is 1. The van der Waals surface area contributed by atoms with Gasteiger partial charge in [0.05, 0.1) is 11.3 Å². The van der Waals surface area contributed by atoms with E-state index >= 15 is 0 Å². The Morgan fingerprint density at radius 2 is 2.06 bits per heavy atom. The molecule has 0 radical (unpaired) electrons. The fourth-order valence-electron chi connectivity index (χ4n) is 1.89. The van der Waals surface area contributed by atoms with Crippen molar-refractivity contribution < 1.29 is 14.7 Å². The predicted octanol–water partition coefficient (Wildman–Crippen LogP) is 2.32. The highest BCUT2D eigenvalue weighted by Crippen LogP contribution is 2.26. The van der Waals surface area contributed by atoms with Crippen LogP contribution in [-0.2, 0) is 0 Å². The molecule has 2 amide bonds. The second-order valence-corrected chi connectivity index (χ2v) is 4.57. The van der Waals surface area contributed by atoms with Crippen molar-refractivity contribution in [2.45, 2.75) is 25.8 Å². The molecule has 0 bridgehead atoms. The van der Waals surface area contributed by atoms with Crippen LogP contribution in [0.5, 0.6) is 0 Å². The third-order valence-corrected chi connectivity index (χ3v) is 3.14. The fraction of sp³-hybridized carbons (Fsp3) is 0.385. The van der Waals surface area contributed by atoms with Gasteiger partial charge >= 0.3 is 12.0 Å². The van der Waals surface area contributed by atoms with Gasteiger partial charge in [0.2, 0.25) is 0 Å². The molecule has 2 N–H and O–H groups in total. The van der Waals surface area contributed by atoms with Crippen LogP contribution in [0, 0.1) is 6.92 Å². The molecule has 0 aliphatic heterocycles. The van der Waals surface area contributed by atoms with Gasteiger partial charge in [0, 0.05) is 13.1 Å². The summed E-state index contributed by atoms with van der Waals surface area (Å²) in [6.45, 7) is 1.71. The number of carbonyl (C=O) groups excluding carboxylic acids is 1. The van der Waals surface area contributed by atoms with E-state index in [-0.39, 0.29) is 11.6 Å². The minimum absolute atomic E-state index is 0.148. The quantitative estimate of drug-likeness (QED) is 0.862. The summed E-state index contributed by atoms with van der Waals surface area (Å²) in [7, 11) is 1.73. The zero-order chi connectivity index (χ0) is 13.3. The van der Waals surface area contributed by atoms with Crippen molar-refractivity contribution in [1.82, 2.24) is 4.90 Å². The maximum atomic E-state index is 11.9. The van der Waals surface area contributed by atoms with E-state index in [1.807, 2.05) is 0 Å². The van der Waals surface area contributed by atoms with Crippen LogP contribution >= 0.6 is 0 Å². The number of anilines is 1. The van der Waals surface area contributed by atoms with Gasteiger partial charge in [-0.15, -0.1) is 0 Å². The van der Waals surface area contributed by atoms with Crippen LogP contribution in [0.2, 0.25) is 0 Å². The molecule has 0 atom stereocenters. The number of aryl methyl sites for hydroxylation is 1. The normalized spacial score (nSPS) is 14.1. The molecule has 96 valence electrons. The summed E-state index contributed by atoms with van der Waals surface area (Å²) < 4.78 is 0. The Kier molecular flexibility index (Phi) is 3.23. The Balaban J connectivity index is 2.20. The number of hydrogen-bond acceptors (Lipinski definition) is 2. The molecule has 1 aliphatic carbocycles. The molecule has 0 aromatic heterocycles. The maximum absolute atomic E-state index is 11.9. The molecule has 0 spiro atoms. The van der Waals surface area contributed by atoms with Crippen LogP contribution in [-0.4, -0.2) is 35.1 Å². The van der Waals surface area contributed by atoms with Crippen LogP contribution in [0.1, 0.15) is 28.8 Å². The summed E-state index contributed by atoms with van der Waals surface area (Å²) in [5, 5.41) is 11.8. The van der Waals surface area contributed by atoms with Gasteiger partial charge in [-0.1, -0.05) is 12.1 Å². The van der Waals surface area contributed by atoms with Gasteiger partial charge in [0.15, 0.2) is 0 Å². The number of aromatic carboxylic acids is 1. The second kappa shape index (κ2) is 4.68. The Hall–Kier alpha value is -2.04. The Labute approximate surface area is 105 Å². The SMILES string of the molecule is Cc1cccc(NC(=O)N(C)C2CC2)c1C(=O)O. The third kappa shape index (κ3) is 2.45. The molecule has 5 heteroatoms. The van der Waals surface area contributed by atoms with Crippen LogP contribution in [0.25, 0.3) is 0 Å². The molecule has 18 heavy (non-hydrogen) atoms. The van der Waals surface area contributed by atoms with Crippen LogP contribution in [0.15, 0.2) is 18.2 Å². The van der Waals surface area contributed by atoms with Crippen molar-refractivity contribution in [2.24, 2.45) is 0 Å². The first-order valence-electron chi connectivity index (χ1n) is 5.87. The molecule has 0 saturated heterocycles. The minimum atomic E-state index is -1.03. The summed E-state index contributed by atoms with van der Waals surface area (Å²) in [5.74, 6) is -1.03. The van der Waals surface area contributed by atoms with E-state index in [1.165, 1.54) is 0 Å². The lowest BCUT2D eigenvalue weighted by Crippen LogP contribution is -2.33. The molecular formula is C13H16N2O3. The standard InChI is InChI=1S/C13H16N2O3/c1-8-4-3-5-10(11(8)12(16)17)14-13(18)15(2)9-6-7-9/h3-5,9H,6-7H2,1-2H3,(H,14,18)(H,16,17). The van der Waals surface area contributed by atoms with E-state index in [9.17, 15) is 9.59 Å². The highest BCUT2D eigenvalue weighted by atomic mass is 16.4. The van der Waals surface area contributed by atoms with E-state index in [4.69, 9.17) is 5.11 Å². The highest BCUT2D eigenvalue weighted by molar-refractivity contribution is 6.01. The molecule has 1 aromatic carbocycles. The van der Waals surface area contributed by atoms with Gasteiger partial charge in [0.25, 0.3) is 0 Å². The van der Waals surface area contributed by atoms with Crippen molar-refractivity contribution >= 4 is 17.7 Å². The Bertz CT molecular complexity index is 495. The van der Waals surface area contributed by atoms with Crippen molar-refractivity contribution in [1.29, 1.82) is 0 Å². The molecule has 1 saturated carbocycles. The first-order chi connectivity index (χ1) is 8.50. The number of amides is 2. The number of nitrogens with zero attached hydrogens (tertiary/aromatic N) is 1. The highest BCUT2D eigenvalue weighted by Gasteiger charge is 2.30. The van der Waals surface area contributed by atoms with E-state index in [0.29, 0.717) is 17.3 Å². The number of hydrogen-bond donors (Lipinski definition) is 2. The molecule has 1 fully saturated rings. The largest absolute Gasteiger partial charge is 0.478 e. The maximum Gasteiger partial charge on any atom is 0.338 e.